The average molecular weight is 402 g/mol. The van der Waals surface area contributed by atoms with E-state index in [1.807, 2.05) is 6.92 Å². The summed E-state index contributed by atoms with van der Waals surface area (Å²) in [6, 6.07) is 9.23. The topological polar surface area (TPSA) is 26.3 Å². The molecule has 2 rings (SSSR count). The summed E-state index contributed by atoms with van der Waals surface area (Å²) in [6.45, 7) is 2.44. The number of halogens is 3. The van der Waals surface area contributed by atoms with E-state index in [1.54, 1.807) is 24.3 Å². The van der Waals surface area contributed by atoms with Crippen LogP contribution in [-0.4, -0.2) is 12.4 Å². The Morgan fingerprint density at radius 2 is 1.95 bits per heavy atom. The predicted molar refractivity (Wildman–Crippen MR) is 82.8 cm³/mol. The molecule has 2 aromatic rings. The zero-order chi connectivity index (χ0) is 14.7. The molecule has 0 saturated carbocycles. The lowest BCUT2D eigenvalue weighted by Gasteiger charge is -2.08. The van der Waals surface area contributed by atoms with Gasteiger partial charge in [-0.3, -0.25) is 4.79 Å². The van der Waals surface area contributed by atoms with Crippen molar-refractivity contribution >= 4 is 37.6 Å². The summed E-state index contributed by atoms with van der Waals surface area (Å²) in [7, 11) is 0. The predicted octanol–water partition coefficient (Wildman–Crippen LogP) is 4.98. The lowest BCUT2D eigenvalue weighted by atomic mass is 10.0. The average Bonchev–Trinajstić information content (AvgIpc) is 2.37. The molecule has 0 aliphatic rings. The minimum absolute atomic E-state index is 0.250. The quantitative estimate of drug-likeness (QED) is 0.675. The van der Waals surface area contributed by atoms with E-state index in [2.05, 4.69) is 31.9 Å². The van der Waals surface area contributed by atoms with Crippen LogP contribution in [0.25, 0.3) is 0 Å². The molecule has 0 saturated heterocycles. The molecule has 2 aromatic carbocycles. The standard InChI is InChI=1S/C15H11Br2FO2/c1-2-20-12-3-4-13(14(17)8-12)15(19)9-5-10(16)7-11(18)6-9/h3-8H,2H2,1H3. The van der Waals surface area contributed by atoms with Crippen molar-refractivity contribution in [1.82, 2.24) is 0 Å². The van der Waals surface area contributed by atoms with Crippen molar-refractivity contribution in [2.45, 2.75) is 6.92 Å². The molecular formula is C15H11Br2FO2. The molecule has 0 unspecified atom stereocenters. The van der Waals surface area contributed by atoms with Gasteiger partial charge in [0.15, 0.2) is 5.78 Å². The number of ketones is 1. The maximum Gasteiger partial charge on any atom is 0.194 e. The van der Waals surface area contributed by atoms with Crippen LogP contribution in [-0.2, 0) is 0 Å². The summed E-state index contributed by atoms with van der Waals surface area (Å²) in [4.78, 5) is 12.4. The first kappa shape index (κ1) is 15.2. The highest BCUT2D eigenvalue weighted by Gasteiger charge is 2.14. The first-order chi connectivity index (χ1) is 9.51. The van der Waals surface area contributed by atoms with Gasteiger partial charge in [0.25, 0.3) is 0 Å². The van der Waals surface area contributed by atoms with Crippen LogP contribution < -0.4 is 4.74 Å². The number of benzene rings is 2. The molecule has 0 aliphatic carbocycles. The van der Waals surface area contributed by atoms with Gasteiger partial charge in [-0.15, -0.1) is 0 Å². The van der Waals surface area contributed by atoms with Crippen molar-refractivity contribution in [2.75, 3.05) is 6.61 Å². The van der Waals surface area contributed by atoms with E-state index in [9.17, 15) is 9.18 Å². The molecule has 20 heavy (non-hydrogen) atoms. The summed E-state index contributed by atoms with van der Waals surface area (Å²) in [5.41, 5.74) is 0.757. The minimum Gasteiger partial charge on any atom is -0.494 e. The highest BCUT2D eigenvalue weighted by atomic mass is 79.9. The first-order valence-electron chi connectivity index (χ1n) is 5.94. The van der Waals surface area contributed by atoms with Crippen LogP contribution in [0.1, 0.15) is 22.8 Å². The molecule has 0 heterocycles. The highest BCUT2D eigenvalue weighted by molar-refractivity contribution is 9.10. The van der Waals surface area contributed by atoms with Gasteiger partial charge >= 0.3 is 0 Å². The second-order valence-electron chi connectivity index (χ2n) is 4.06. The van der Waals surface area contributed by atoms with Crippen LogP contribution >= 0.6 is 31.9 Å². The fraction of sp³-hybridized carbons (Fsp3) is 0.133. The maximum absolute atomic E-state index is 13.4. The van der Waals surface area contributed by atoms with Gasteiger partial charge in [-0.25, -0.2) is 4.39 Å². The Labute approximate surface area is 133 Å². The van der Waals surface area contributed by atoms with E-state index in [4.69, 9.17) is 4.74 Å². The second-order valence-corrected chi connectivity index (χ2v) is 5.83. The van der Waals surface area contributed by atoms with Crippen molar-refractivity contribution in [1.29, 1.82) is 0 Å². The van der Waals surface area contributed by atoms with E-state index in [1.165, 1.54) is 12.1 Å². The van der Waals surface area contributed by atoms with Gasteiger partial charge in [0.2, 0.25) is 0 Å². The number of ether oxygens (including phenoxy) is 1. The Hall–Kier alpha value is -1.20. The molecular weight excluding hydrogens is 391 g/mol. The van der Waals surface area contributed by atoms with Crippen LogP contribution in [0.5, 0.6) is 5.75 Å². The number of carbonyl (C=O) groups excluding carboxylic acids is 1. The molecule has 0 fully saturated rings. The van der Waals surface area contributed by atoms with Crippen molar-refractivity contribution in [3.8, 4) is 5.75 Å². The Kier molecular flexibility index (Phi) is 4.94. The van der Waals surface area contributed by atoms with Gasteiger partial charge in [-0.05, 0) is 59.3 Å². The minimum atomic E-state index is -0.454. The van der Waals surface area contributed by atoms with E-state index in [0.29, 0.717) is 32.4 Å². The summed E-state index contributed by atoms with van der Waals surface area (Å²) in [5, 5.41) is 0. The van der Waals surface area contributed by atoms with E-state index >= 15 is 0 Å². The van der Waals surface area contributed by atoms with Crippen LogP contribution in [0, 0.1) is 5.82 Å². The Morgan fingerprint density at radius 3 is 2.55 bits per heavy atom. The van der Waals surface area contributed by atoms with E-state index in [-0.39, 0.29) is 5.78 Å². The van der Waals surface area contributed by atoms with Gasteiger partial charge in [-0.1, -0.05) is 15.9 Å². The molecule has 0 spiro atoms. The highest BCUT2D eigenvalue weighted by Crippen LogP contribution is 2.26. The molecule has 0 atom stereocenters. The van der Waals surface area contributed by atoms with E-state index in [0.717, 1.165) is 0 Å². The van der Waals surface area contributed by atoms with Gasteiger partial charge < -0.3 is 4.74 Å². The molecule has 2 nitrogen and oxygen atoms in total. The Balaban J connectivity index is 2.38. The number of hydrogen-bond donors (Lipinski definition) is 0. The van der Waals surface area contributed by atoms with Crippen molar-refractivity contribution in [2.24, 2.45) is 0 Å². The van der Waals surface area contributed by atoms with Gasteiger partial charge in [0, 0.05) is 20.1 Å². The van der Waals surface area contributed by atoms with Crippen molar-refractivity contribution in [3.63, 3.8) is 0 Å². The Morgan fingerprint density at radius 1 is 1.20 bits per heavy atom. The maximum atomic E-state index is 13.4. The van der Waals surface area contributed by atoms with Gasteiger partial charge in [0.1, 0.15) is 11.6 Å². The Bertz CT molecular complexity index is 636. The summed E-state index contributed by atoms with van der Waals surface area (Å²) in [6.07, 6.45) is 0. The lowest BCUT2D eigenvalue weighted by molar-refractivity contribution is 0.103. The summed E-state index contributed by atoms with van der Waals surface area (Å²) in [5.74, 6) is -0.0266. The zero-order valence-corrected chi connectivity index (χ0v) is 13.8. The monoisotopic (exact) mass is 400 g/mol. The molecule has 0 aliphatic heterocycles. The number of carbonyl (C=O) groups is 1. The smallest absolute Gasteiger partial charge is 0.194 e. The zero-order valence-electron chi connectivity index (χ0n) is 10.6. The van der Waals surface area contributed by atoms with E-state index < -0.39 is 5.82 Å². The summed E-state index contributed by atoms with van der Waals surface area (Å²) >= 11 is 6.53. The number of rotatable bonds is 4. The van der Waals surface area contributed by atoms with Crippen molar-refractivity contribution < 1.29 is 13.9 Å². The summed E-state index contributed by atoms with van der Waals surface area (Å²) < 4.78 is 19.9. The molecule has 0 bridgehead atoms. The first-order valence-corrected chi connectivity index (χ1v) is 7.53. The fourth-order valence-corrected chi connectivity index (χ4v) is 2.78. The largest absolute Gasteiger partial charge is 0.494 e. The third-order valence-corrected chi connectivity index (χ3v) is 3.73. The van der Waals surface area contributed by atoms with Gasteiger partial charge in [-0.2, -0.15) is 0 Å². The van der Waals surface area contributed by atoms with Crippen molar-refractivity contribution in [3.05, 3.63) is 62.3 Å². The molecule has 104 valence electrons. The number of hydrogen-bond acceptors (Lipinski definition) is 2. The SMILES string of the molecule is CCOc1ccc(C(=O)c2cc(F)cc(Br)c2)c(Br)c1. The molecule has 0 aromatic heterocycles. The van der Waals surface area contributed by atoms with Crippen LogP contribution in [0.2, 0.25) is 0 Å². The molecule has 0 amide bonds. The fourth-order valence-electron chi connectivity index (χ4n) is 1.78. The molecule has 0 N–H and O–H groups in total. The third-order valence-electron chi connectivity index (χ3n) is 2.62. The van der Waals surface area contributed by atoms with Crippen LogP contribution in [0.15, 0.2) is 45.3 Å². The van der Waals surface area contributed by atoms with Crippen LogP contribution in [0.3, 0.4) is 0 Å². The van der Waals surface area contributed by atoms with Crippen LogP contribution in [0.4, 0.5) is 4.39 Å². The molecule has 5 heteroatoms. The normalized spacial score (nSPS) is 10.4. The molecule has 0 radical (unpaired) electrons. The van der Waals surface area contributed by atoms with Gasteiger partial charge in [0.05, 0.1) is 6.61 Å². The third kappa shape index (κ3) is 3.46. The second kappa shape index (κ2) is 6.50. The lowest BCUT2D eigenvalue weighted by Crippen LogP contribution is -2.03.